The third kappa shape index (κ3) is 3.77. The van der Waals surface area contributed by atoms with Crippen LogP contribution in [-0.2, 0) is 6.42 Å². The van der Waals surface area contributed by atoms with E-state index in [9.17, 15) is 19.6 Å². The van der Waals surface area contributed by atoms with Crippen LogP contribution >= 0.6 is 0 Å². The number of aryl methyl sites for hydroxylation is 1. The Morgan fingerprint density at radius 1 is 1.44 bits per heavy atom. The van der Waals surface area contributed by atoms with Crippen molar-refractivity contribution in [3.63, 3.8) is 0 Å². The molecule has 0 aliphatic heterocycles. The normalized spacial score (nSPS) is 13.4. The van der Waals surface area contributed by atoms with Crippen molar-refractivity contribution in [3.05, 3.63) is 39.7 Å². The topological polar surface area (TPSA) is 63.4 Å². The Hall–Kier alpha value is -1.49. The lowest BCUT2D eigenvalue weighted by Crippen LogP contribution is -2.26. The van der Waals surface area contributed by atoms with Gasteiger partial charge in [0.1, 0.15) is 0 Å². The number of hydrogen-bond acceptors (Lipinski definition) is 3. The number of rotatable bonds is 4. The summed E-state index contributed by atoms with van der Waals surface area (Å²) in [6.45, 7) is 5.77. The molecule has 5 heteroatoms. The van der Waals surface area contributed by atoms with Crippen LogP contribution in [0.1, 0.15) is 32.8 Å². The monoisotopic (exact) mass is 255 g/mol. The maximum absolute atomic E-state index is 13.4. The highest BCUT2D eigenvalue weighted by Gasteiger charge is 2.22. The fourth-order valence-corrected chi connectivity index (χ4v) is 1.59. The first-order valence-corrected chi connectivity index (χ1v) is 5.82. The van der Waals surface area contributed by atoms with Gasteiger partial charge in [0.05, 0.1) is 11.0 Å². The van der Waals surface area contributed by atoms with E-state index in [1.54, 1.807) is 0 Å². The van der Waals surface area contributed by atoms with Crippen LogP contribution < -0.4 is 0 Å². The van der Waals surface area contributed by atoms with E-state index in [-0.39, 0.29) is 5.41 Å². The van der Waals surface area contributed by atoms with Gasteiger partial charge >= 0.3 is 5.69 Å². The van der Waals surface area contributed by atoms with E-state index >= 15 is 0 Å². The van der Waals surface area contributed by atoms with Gasteiger partial charge in [0.2, 0.25) is 5.82 Å². The quantitative estimate of drug-likeness (QED) is 0.664. The first kappa shape index (κ1) is 14.6. The number of nitro groups is 1. The number of aliphatic hydroxyl groups is 1. The summed E-state index contributed by atoms with van der Waals surface area (Å²) in [6, 6.07) is 3.85. The predicted molar refractivity (Wildman–Crippen MR) is 66.8 cm³/mol. The standard InChI is InChI=1S/C13H18FNO3/c1-13(2,3)12(16)7-5-9-4-6-11(15(17)18)10(14)8-9/h4,6,8,12,16H,5,7H2,1-3H3. The van der Waals surface area contributed by atoms with Crippen molar-refractivity contribution >= 4 is 5.69 Å². The molecule has 1 rings (SSSR count). The molecule has 0 spiro atoms. The maximum Gasteiger partial charge on any atom is 0.304 e. The summed E-state index contributed by atoms with van der Waals surface area (Å²) in [6.07, 6.45) is 0.504. The lowest BCUT2D eigenvalue weighted by Gasteiger charge is -2.25. The molecule has 0 heterocycles. The SMILES string of the molecule is CC(C)(C)C(O)CCc1ccc([N+](=O)[O-])c(F)c1. The molecular formula is C13H18FNO3. The minimum absolute atomic E-state index is 0.223. The molecule has 0 aliphatic carbocycles. The largest absolute Gasteiger partial charge is 0.393 e. The molecule has 0 aromatic heterocycles. The van der Waals surface area contributed by atoms with E-state index in [4.69, 9.17) is 0 Å². The third-order valence-corrected chi connectivity index (χ3v) is 2.91. The summed E-state index contributed by atoms with van der Waals surface area (Å²) in [7, 11) is 0. The van der Waals surface area contributed by atoms with E-state index in [2.05, 4.69) is 0 Å². The number of nitro benzene ring substituents is 1. The molecule has 100 valence electrons. The van der Waals surface area contributed by atoms with E-state index in [1.807, 2.05) is 20.8 Å². The summed E-state index contributed by atoms with van der Waals surface area (Å²) < 4.78 is 13.4. The van der Waals surface area contributed by atoms with E-state index < -0.39 is 22.5 Å². The van der Waals surface area contributed by atoms with Crippen molar-refractivity contribution in [1.82, 2.24) is 0 Å². The second-order valence-corrected chi connectivity index (χ2v) is 5.46. The minimum Gasteiger partial charge on any atom is -0.393 e. The summed E-state index contributed by atoms with van der Waals surface area (Å²) in [4.78, 5) is 9.71. The van der Waals surface area contributed by atoms with Crippen molar-refractivity contribution < 1.29 is 14.4 Å². The van der Waals surface area contributed by atoms with E-state index in [0.717, 1.165) is 12.1 Å². The van der Waals surface area contributed by atoms with Crippen molar-refractivity contribution in [2.45, 2.75) is 39.7 Å². The zero-order chi connectivity index (χ0) is 13.9. The average molecular weight is 255 g/mol. The molecule has 0 saturated carbocycles. The number of hydrogen-bond donors (Lipinski definition) is 1. The Bertz CT molecular complexity index is 440. The lowest BCUT2D eigenvalue weighted by molar-refractivity contribution is -0.387. The van der Waals surface area contributed by atoms with Gasteiger partial charge < -0.3 is 5.11 Å². The van der Waals surface area contributed by atoms with Crippen LogP contribution in [0.15, 0.2) is 18.2 Å². The summed E-state index contributed by atoms with van der Waals surface area (Å²) >= 11 is 0. The van der Waals surface area contributed by atoms with Gasteiger partial charge in [-0.3, -0.25) is 10.1 Å². The Morgan fingerprint density at radius 2 is 2.06 bits per heavy atom. The van der Waals surface area contributed by atoms with Crippen molar-refractivity contribution in [3.8, 4) is 0 Å². The highest BCUT2D eigenvalue weighted by molar-refractivity contribution is 5.35. The Morgan fingerprint density at radius 3 is 2.50 bits per heavy atom. The first-order valence-electron chi connectivity index (χ1n) is 5.82. The number of aliphatic hydroxyl groups excluding tert-OH is 1. The fraction of sp³-hybridized carbons (Fsp3) is 0.538. The molecule has 1 unspecified atom stereocenters. The van der Waals surface area contributed by atoms with Crippen molar-refractivity contribution in [2.75, 3.05) is 0 Å². The third-order valence-electron chi connectivity index (χ3n) is 2.91. The van der Waals surface area contributed by atoms with Crippen LogP contribution in [0.25, 0.3) is 0 Å². The summed E-state index contributed by atoms with van der Waals surface area (Å²) in [5.41, 5.74) is -0.0872. The van der Waals surface area contributed by atoms with Crippen molar-refractivity contribution in [2.24, 2.45) is 5.41 Å². The molecule has 0 saturated heterocycles. The van der Waals surface area contributed by atoms with Gasteiger partial charge in [0, 0.05) is 6.07 Å². The van der Waals surface area contributed by atoms with Crippen LogP contribution in [0.3, 0.4) is 0 Å². The number of nitrogens with zero attached hydrogens (tertiary/aromatic N) is 1. The van der Waals surface area contributed by atoms with Crippen LogP contribution in [0.2, 0.25) is 0 Å². The minimum atomic E-state index is -0.831. The zero-order valence-corrected chi connectivity index (χ0v) is 10.8. The molecule has 1 N–H and O–H groups in total. The van der Waals surface area contributed by atoms with Crippen LogP contribution in [0.4, 0.5) is 10.1 Å². The van der Waals surface area contributed by atoms with Gasteiger partial charge in [0.25, 0.3) is 0 Å². The molecule has 1 aromatic rings. The zero-order valence-electron chi connectivity index (χ0n) is 10.8. The van der Waals surface area contributed by atoms with Crippen LogP contribution in [0, 0.1) is 21.3 Å². The van der Waals surface area contributed by atoms with Gasteiger partial charge in [-0.25, -0.2) is 0 Å². The van der Waals surface area contributed by atoms with Gasteiger partial charge in [-0.05, 0) is 29.9 Å². The molecule has 0 bridgehead atoms. The van der Waals surface area contributed by atoms with Crippen LogP contribution in [0.5, 0.6) is 0 Å². The summed E-state index contributed by atoms with van der Waals surface area (Å²) in [5.74, 6) is -0.831. The Balaban J connectivity index is 2.70. The van der Waals surface area contributed by atoms with E-state index in [1.165, 1.54) is 6.07 Å². The molecule has 4 nitrogen and oxygen atoms in total. The highest BCUT2D eigenvalue weighted by atomic mass is 19.1. The molecule has 0 radical (unpaired) electrons. The Labute approximate surface area is 106 Å². The number of benzene rings is 1. The molecule has 1 atom stereocenters. The second kappa shape index (κ2) is 5.44. The molecule has 0 aliphatic rings. The maximum atomic E-state index is 13.4. The summed E-state index contributed by atoms with van der Waals surface area (Å²) in [5, 5.41) is 20.3. The van der Waals surface area contributed by atoms with Crippen LogP contribution in [-0.4, -0.2) is 16.1 Å². The van der Waals surface area contributed by atoms with Gasteiger partial charge in [-0.15, -0.1) is 0 Å². The molecule has 18 heavy (non-hydrogen) atoms. The number of halogens is 1. The molecule has 0 fully saturated rings. The Kier molecular flexibility index (Phi) is 4.40. The van der Waals surface area contributed by atoms with Gasteiger partial charge in [-0.1, -0.05) is 26.8 Å². The highest BCUT2D eigenvalue weighted by Crippen LogP contribution is 2.24. The average Bonchev–Trinajstić information content (AvgIpc) is 2.24. The molecule has 0 amide bonds. The lowest BCUT2D eigenvalue weighted by atomic mass is 9.86. The van der Waals surface area contributed by atoms with Gasteiger partial charge in [0.15, 0.2) is 0 Å². The van der Waals surface area contributed by atoms with E-state index in [0.29, 0.717) is 18.4 Å². The molecule has 1 aromatic carbocycles. The fourth-order valence-electron chi connectivity index (χ4n) is 1.59. The van der Waals surface area contributed by atoms with Gasteiger partial charge in [-0.2, -0.15) is 4.39 Å². The smallest absolute Gasteiger partial charge is 0.304 e. The van der Waals surface area contributed by atoms with Crippen molar-refractivity contribution in [1.29, 1.82) is 0 Å². The first-order chi connectivity index (χ1) is 8.21. The second-order valence-electron chi connectivity index (χ2n) is 5.46. The predicted octanol–water partition coefficient (Wildman–Crippen LogP) is 3.07. The molecular weight excluding hydrogens is 237 g/mol.